The van der Waals surface area contributed by atoms with Crippen LogP contribution in [-0.2, 0) is 0 Å². The third-order valence-corrected chi connectivity index (χ3v) is 4.28. The highest BCUT2D eigenvalue weighted by Gasteiger charge is 2.22. The van der Waals surface area contributed by atoms with Crippen molar-refractivity contribution in [3.8, 4) is 17.6 Å². The van der Waals surface area contributed by atoms with Crippen LogP contribution in [-0.4, -0.2) is 37.7 Å². The van der Waals surface area contributed by atoms with Gasteiger partial charge in [0.1, 0.15) is 12.4 Å². The number of piperidine rings is 1. The molecule has 21 heavy (non-hydrogen) atoms. The molecule has 1 aromatic rings. The van der Waals surface area contributed by atoms with Gasteiger partial charge in [-0.05, 0) is 49.1 Å². The molecule has 3 nitrogen and oxygen atoms in total. The normalized spacial score (nSPS) is 22.4. The second-order valence-corrected chi connectivity index (χ2v) is 5.92. The Kier molecular flexibility index (Phi) is 6.10. The summed E-state index contributed by atoms with van der Waals surface area (Å²) in [5.74, 6) is 8.41. The number of nitrogens with zero attached hydrogens (tertiary/aromatic N) is 1. The molecule has 1 fully saturated rings. The molecule has 0 radical (unpaired) electrons. The maximum Gasteiger partial charge on any atom is 0.119 e. The van der Waals surface area contributed by atoms with E-state index in [0.717, 1.165) is 36.3 Å². The number of likely N-dealkylation sites (tertiary alicyclic amines) is 1. The number of rotatable bonds is 4. The molecule has 0 amide bonds. The third kappa shape index (κ3) is 5.08. The van der Waals surface area contributed by atoms with E-state index in [0.29, 0.717) is 6.54 Å². The van der Waals surface area contributed by atoms with Crippen molar-refractivity contribution in [2.24, 2.45) is 17.6 Å². The van der Waals surface area contributed by atoms with E-state index in [1.165, 1.54) is 19.5 Å². The van der Waals surface area contributed by atoms with Gasteiger partial charge in [-0.25, -0.2) is 0 Å². The van der Waals surface area contributed by atoms with Crippen LogP contribution in [0.25, 0.3) is 0 Å². The lowest BCUT2D eigenvalue weighted by molar-refractivity contribution is 0.119. The first-order valence-electron chi connectivity index (χ1n) is 7.83. The highest BCUT2D eigenvalue weighted by molar-refractivity contribution is 5.38. The van der Waals surface area contributed by atoms with Crippen LogP contribution in [0.1, 0.15) is 25.8 Å². The van der Waals surface area contributed by atoms with Crippen molar-refractivity contribution >= 4 is 0 Å². The van der Waals surface area contributed by atoms with Crippen LogP contribution in [0.2, 0.25) is 0 Å². The summed E-state index contributed by atoms with van der Waals surface area (Å²) in [6.45, 7) is 9.23. The van der Waals surface area contributed by atoms with E-state index in [-0.39, 0.29) is 0 Å². The number of ether oxygens (including phenoxy) is 1. The monoisotopic (exact) mass is 286 g/mol. The summed E-state index contributed by atoms with van der Waals surface area (Å²) >= 11 is 0. The summed E-state index contributed by atoms with van der Waals surface area (Å²) in [5, 5.41) is 0. The Balaban J connectivity index is 1.73. The van der Waals surface area contributed by atoms with Gasteiger partial charge in [0.2, 0.25) is 0 Å². The van der Waals surface area contributed by atoms with Gasteiger partial charge in [0.15, 0.2) is 0 Å². The lowest BCUT2D eigenvalue weighted by atomic mass is 9.89. The minimum Gasteiger partial charge on any atom is -0.492 e. The van der Waals surface area contributed by atoms with Crippen LogP contribution in [0.4, 0.5) is 0 Å². The first-order chi connectivity index (χ1) is 10.2. The predicted octanol–water partition coefficient (Wildman–Crippen LogP) is 2.35. The molecule has 1 aliphatic heterocycles. The minimum atomic E-state index is 0.394. The first kappa shape index (κ1) is 15.9. The minimum absolute atomic E-state index is 0.394. The Bertz CT molecular complexity index is 486. The van der Waals surface area contributed by atoms with Gasteiger partial charge in [0, 0.05) is 18.7 Å². The molecule has 0 saturated carbocycles. The van der Waals surface area contributed by atoms with E-state index in [2.05, 4.69) is 30.6 Å². The van der Waals surface area contributed by atoms with E-state index in [9.17, 15) is 0 Å². The summed E-state index contributed by atoms with van der Waals surface area (Å²) in [4.78, 5) is 2.51. The Labute approximate surface area is 128 Å². The van der Waals surface area contributed by atoms with Crippen LogP contribution in [0.3, 0.4) is 0 Å². The van der Waals surface area contributed by atoms with Gasteiger partial charge in [-0.15, -0.1) is 0 Å². The molecular formula is C18H26N2O. The topological polar surface area (TPSA) is 38.5 Å². The van der Waals surface area contributed by atoms with Crippen molar-refractivity contribution < 1.29 is 4.74 Å². The first-order valence-corrected chi connectivity index (χ1v) is 7.83. The van der Waals surface area contributed by atoms with Crippen LogP contribution in [0.5, 0.6) is 5.75 Å². The quantitative estimate of drug-likeness (QED) is 0.864. The van der Waals surface area contributed by atoms with E-state index in [1.807, 2.05) is 24.3 Å². The Hall–Kier alpha value is -1.50. The smallest absolute Gasteiger partial charge is 0.119 e. The Morgan fingerprint density at radius 3 is 2.67 bits per heavy atom. The maximum absolute atomic E-state index is 5.82. The molecular weight excluding hydrogens is 260 g/mol. The number of hydrogen-bond acceptors (Lipinski definition) is 3. The predicted molar refractivity (Wildman–Crippen MR) is 87.3 cm³/mol. The van der Waals surface area contributed by atoms with E-state index >= 15 is 0 Å². The molecule has 3 heteroatoms. The molecule has 2 unspecified atom stereocenters. The van der Waals surface area contributed by atoms with Gasteiger partial charge >= 0.3 is 0 Å². The molecule has 114 valence electrons. The summed E-state index contributed by atoms with van der Waals surface area (Å²) in [7, 11) is 0. The Morgan fingerprint density at radius 1 is 1.24 bits per heavy atom. The summed E-state index contributed by atoms with van der Waals surface area (Å²) in [6.07, 6.45) is 1.30. The number of benzene rings is 1. The van der Waals surface area contributed by atoms with Gasteiger partial charge in [0.05, 0.1) is 6.54 Å². The second-order valence-electron chi connectivity index (χ2n) is 5.92. The SMILES string of the molecule is CC1CCN(CCOc2ccc(C#CCN)cc2)CC1C. The van der Waals surface area contributed by atoms with Crippen molar-refractivity contribution in [3.63, 3.8) is 0 Å². The molecule has 0 aliphatic carbocycles. The van der Waals surface area contributed by atoms with Gasteiger partial charge in [0.25, 0.3) is 0 Å². The standard InChI is InChI=1S/C18H26N2O/c1-15-9-11-20(14-16(15)2)12-13-21-18-7-5-17(6-8-18)4-3-10-19/h5-8,15-16H,9-14,19H2,1-2H3. The molecule has 1 aromatic carbocycles. The summed E-state index contributed by atoms with van der Waals surface area (Å²) < 4.78 is 5.82. The molecule has 1 saturated heterocycles. The largest absolute Gasteiger partial charge is 0.492 e. The molecule has 2 rings (SSSR count). The fourth-order valence-electron chi connectivity index (χ4n) is 2.63. The van der Waals surface area contributed by atoms with Crippen molar-refractivity contribution in [1.29, 1.82) is 0 Å². The van der Waals surface area contributed by atoms with Crippen LogP contribution >= 0.6 is 0 Å². The fraction of sp³-hybridized carbons (Fsp3) is 0.556. The molecule has 2 atom stereocenters. The zero-order chi connectivity index (χ0) is 15.1. The van der Waals surface area contributed by atoms with Crippen molar-refractivity contribution in [2.75, 3.05) is 32.8 Å². The molecule has 0 aromatic heterocycles. The number of hydrogen-bond donors (Lipinski definition) is 1. The van der Waals surface area contributed by atoms with Crippen molar-refractivity contribution in [1.82, 2.24) is 4.90 Å². The van der Waals surface area contributed by atoms with Gasteiger partial charge in [-0.1, -0.05) is 25.7 Å². The zero-order valence-electron chi connectivity index (χ0n) is 13.1. The Morgan fingerprint density at radius 2 is 2.00 bits per heavy atom. The average molecular weight is 286 g/mol. The highest BCUT2D eigenvalue weighted by Crippen LogP contribution is 2.22. The van der Waals surface area contributed by atoms with Crippen molar-refractivity contribution in [3.05, 3.63) is 29.8 Å². The zero-order valence-corrected chi connectivity index (χ0v) is 13.1. The molecule has 1 heterocycles. The summed E-state index contributed by atoms with van der Waals surface area (Å²) in [6, 6.07) is 7.90. The fourth-order valence-corrected chi connectivity index (χ4v) is 2.63. The number of nitrogens with two attached hydrogens (primary N) is 1. The van der Waals surface area contributed by atoms with Crippen LogP contribution < -0.4 is 10.5 Å². The second kappa shape index (κ2) is 8.07. The van der Waals surface area contributed by atoms with Crippen LogP contribution in [0.15, 0.2) is 24.3 Å². The van der Waals surface area contributed by atoms with Gasteiger partial charge in [-0.2, -0.15) is 0 Å². The summed E-state index contributed by atoms with van der Waals surface area (Å²) in [5.41, 5.74) is 6.34. The average Bonchev–Trinajstić information content (AvgIpc) is 2.50. The van der Waals surface area contributed by atoms with Crippen LogP contribution in [0, 0.1) is 23.7 Å². The van der Waals surface area contributed by atoms with Crippen molar-refractivity contribution in [2.45, 2.75) is 20.3 Å². The highest BCUT2D eigenvalue weighted by atomic mass is 16.5. The van der Waals surface area contributed by atoms with Gasteiger partial charge in [-0.3, -0.25) is 4.90 Å². The van der Waals surface area contributed by atoms with E-state index in [4.69, 9.17) is 10.5 Å². The lowest BCUT2D eigenvalue weighted by Crippen LogP contribution is -2.40. The third-order valence-electron chi connectivity index (χ3n) is 4.28. The molecule has 1 aliphatic rings. The van der Waals surface area contributed by atoms with Gasteiger partial charge < -0.3 is 10.5 Å². The van der Waals surface area contributed by atoms with E-state index < -0.39 is 0 Å². The molecule has 0 bridgehead atoms. The lowest BCUT2D eigenvalue weighted by Gasteiger charge is -2.35. The van der Waals surface area contributed by atoms with E-state index in [1.54, 1.807) is 0 Å². The molecule has 2 N–H and O–H groups in total. The molecule has 0 spiro atoms. The maximum atomic E-state index is 5.82.